The van der Waals surface area contributed by atoms with E-state index in [2.05, 4.69) is 15.9 Å². The van der Waals surface area contributed by atoms with E-state index in [1.165, 1.54) is 0 Å². The lowest BCUT2D eigenvalue weighted by Gasteiger charge is -2.32. The molecule has 2 N–H and O–H groups in total. The van der Waals surface area contributed by atoms with Crippen molar-refractivity contribution in [1.82, 2.24) is 0 Å². The highest BCUT2D eigenvalue weighted by Crippen LogP contribution is 2.44. The maximum absolute atomic E-state index is 13.0. The summed E-state index contributed by atoms with van der Waals surface area (Å²) in [6, 6.07) is 13.0. The Morgan fingerprint density at radius 3 is 2.76 bits per heavy atom. The zero-order valence-electron chi connectivity index (χ0n) is 19.1. The largest absolute Gasteiger partial charge is 0.496 e. The van der Waals surface area contributed by atoms with Crippen LogP contribution in [0.15, 0.2) is 69.7 Å². The molecule has 0 fully saturated rings. The van der Waals surface area contributed by atoms with Crippen LogP contribution in [0.25, 0.3) is 0 Å². The van der Waals surface area contributed by atoms with Crippen molar-refractivity contribution in [2.75, 3.05) is 13.7 Å². The number of benzene rings is 2. The molecule has 2 aliphatic rings. The number of Topliss-reactive ketones (excluding diaryl/α,β-unsaturated/α-hetero) is 1. The van der Waals surface area contributed by atoms with Gasteiger partial charge >= 0.3 is 5.97 Å². The van der Waals surface area contributed by atoms with Gasteiger partial charge < -0.3 is 24.7 Å². The molecule has 178 valence electrons. The molecule has 1 heterocycles. The summed E-state index contributed by atoms with van der Waals surface area (Å²) >= 11 is 3.44. The first-order chi connectivity index (χ1) is 16.4. The average Bonchev–Trinajstić information content (AvgIpc) is 2.82. The minimum atomic E-state index is -0.689. The summed E-state index contributed by atoms with van der Waals surface area (Å²) in [5.41, 5.74) is 8.27. The van der Waals surface area contributed by atoms with E-state index < -0.39 is 11.9 Å². The molecule has 0 amide bonds. The summed E-state index contributed by atoms with van der Waals surface area (Å²) in [6.45, 7) is 2.12. The summed E-state index contributed by atoms with van der Waals surface area (Å²) in [5, 5.41) is 0. The fourth-order valence-electron chi connectivity index (χ4n) is 4.31. The third kappa shape index (κ3) is 4.82. The Morgan fingerprint density at radius 2 is 2.03 bits per heavy atom. The van der Waals surface area contributed by atoms with Gasteiger partial charge in [0.1, 0.15) is 29.4 Å². The van der Waals surface area contributed by atoms with Gasteiger partial charge in [-0.05, 0) is 49.2 Å². The molecule has 2 aromatic carbocycles. The Hall–Kier alpha value is -3.26. The number of rotatable bonds is 7. The van der Waals surface area contributed by atoms with Crippen LogP contribution in [0.4, 0.5) is 0 Å². The van der Waals surface area contributed by atoms with Crippen molar-refractivity contribution in [3.63, 3.8) is 0 Å². The molecule has 34 heavy (non-hydrogen) atoms. The van der Waals surface area contributed by atoms with Crippen LogP contribution < -0.4 is 15.2 Å². The molecule has 0 radical (unpaired) electrons. The van der Waals surface area contributed by atoms with Crippen LogP contribution in [-0.2, 0) is 25.7 Å². The normalized spacial score (nSPS) is 17.7. The smallest absolute Gasteiger partial charge is 0.340 e. The summed E-state index contributed by atoms with van der Waals surface area (Å²) in [7, 11) is 1.58. The van der Waals surface area contributed by atoms with Crippen LogP contribution in [0.1, 0.15) is 43.2 Å². The molecule has 0 saturated carbocycles. The van der Waals surface area contributed by atoms with E-state index in [9.17, 15) is 9.59 Å². The third-order valence-corrected chi connectivity index (χ3v) is 6.30. The number of ether oxygens (including phenoxy) is 4. The van der Waals surface area contributed by atoms with Crippen LogP contribution in [0, 0.1) is 0 Å². The second-order valence-corrected chi connectivity index (χ2v) is 8.88. The molecule has 0 aromatic heterocycles. The Kier molecular flexibility index (Phi) is 7.26. The van der Waals surface area contributed by atoms with Gasteiger partial charge in [0.25, 0.3) is 0 Å². The summed E-state index contributed by atoms with van der Waals surface area (Å²) in [5.74, 6) is 0.475. The van der Waals surface area contributed by atoms with E-state index in [1.54, 1.807) is 20.1 Å². The molecule has 0 saturated heterocycles. The van der Waals surface area contributed by atoms with Crippen molar-refractivity contribution in [2.24, 2.45) is 5.73 Å². The molecular weight excluding hydrogens is 502 g/mol. The van der Waals surface area contributed by atoms with Gasteiger partial charge in [0.15, 0.2) is 5.78 Å². The quantitative estimate of drug-likeness (QED) is 0.511. The Bertz CT molecular complexity index is 1190. The Morgan fingerprint density at radius 1 is 1.21 bits per heavy atom. The minimum Gasteiger partial charge on any atom is -0.496 e. The first-order valence-electron chi connectivity index (χ1n) is 11.1. The minimum absolute atomic E-state index is 0.0281. The van der Waals surface area contributed by atoms with Crippen molar-refractivity contribution < 1.29 is 28.5 Å². The van der Waals surface area contributed by atoms with Gasteiger partial charge in [-0.25, -0.2) is 4.79 Å². The maximum Gasteiger partial charge on any atom is 0.340 e. The zero-order valence-corrected chi connectivity index (χ0v) is 20.6. The molecule has 7 nitrogen and oxygen atoms in total. The predicted molar refractivity (Wildman–Crippen MR) is 129 cm³/mol. The number of hydrogen-bond acceptors (Lipinski definition) is 7. The molecule has 1 aliphatic carbocycles. The van der Waals surface area contributed by atoms with Crippen LogP contribution in [0.2, 0.25) is 0 Å². The van der Waals surface area contributed by atoms with Crippen LogP contribution in [-0.4, -0.2) is 25.5 Å². The molecule has 0 spiro atoms. The number of ketones is 1. The van der Waals surface area contributed by atoms with Gasteiger partial charge in [-0.15, -0.1) is 0 Å². The SMILES string of the molecule is CCOC(=O)C1=C(N)OC2=C(C(=O)CCC2)[C@@H]1c1ccc(OC)c(COc2cccc(Br)c2)c1. The monoisotopic (exact) mass is 527 g/mol. The Balaban J connectivity index is 1.76. The summed E-state index contributed by atoms with van der Waals surface area (Å²) < 4.78 is 23.4. The van der Waals surface area contributed by atoms with E-state index in [0.717, 1.165) is 10.0 Å². The van der Waals surface area contributed by atoms with Gasteiger partial charge in [-0.1, -0.05) is 28.1 Å². The van der Waals surface area contributed by atoms with Crippen molar-refractivity contribution in [3.8, 4) is 11.5 Å². The van der Waals surface area contributed by atoms with Crippen LogP contribution in [0.3, 0.4) is 0 Å². The molecule has 4 rings (SSSR count). The fraction of sp³-hybridized carbons (Fsp3) is 0.308. The molecule has 1 atom stereocenters. The van der Waals surface area contributed by atoms with Crippen LogP contribution >= 0.6 is 15.9 Å². The Labute approximate surface area is 206 Å². The van der Waals surface area contributed by atoms with Gasteiger partial charge in [0, 0.05) is 28.5 Å². The second kappa shape index (κ2) is 10.3. The highest BCUT2D eigenvalue weighted by Gasteiger charge is 2.41. The topological polar surface area (TPSA) is 97.1 Å². The number of esters is 1. The molecule has 2 aromatic rings. The molecule has 0 unspecified atom stereocenters. The average molecular weight is 528 g/mol. The van der Waals surface area contributed by atoms with E-state index in [4.69, 9.17) is 24.7 Å². The number of halogens is 1. The second-order valence-electron chi connectivity index (χ2n) is 7.96. The lowest BCUT2D eigenvalue weighted by atomic mass is 9.77. The molecule has 1 aliphatic heterocycles. The fourth-order valence-corrected chi connectivity index (χ4v) is 4.68. The highest BCUT2D eigenvalue weighted by atomic mass is 79.9. The van der Waals surface area contributed by atoms with Gasteiger partial charge in [0.05, 0.1) is 19.6 Å². The lowest BCUT2D eigenvalue weighted by Crippen LogP contribution is -2.31. The van der Waals surface area contributed by atoms with Crippen molar-refractivity contribution >= 4 is 27.7 Å². The predicted octanol–water partition coefficient (Wildman–Crippen LogP) is 4.89. The summed E-state index contributed by atoms with van der Waals surface area (Å²) in [4.78, 5) is 25.9. The van der Waals surface area contributed by atoms with E-state index >= 15 is 0 Å². The highest BCUT2D eigenvalue weighted by molar-refractivity contribution is 9.10. The third-order valence-electron chi connectivity index (χ3n) is 5.81. The number of carbonyl (C=O) groups is 2. The van der Waals surface area contributed by atoms with Crippen LogP contribution in [0.5, 0.6) is 11.5 Å². The molecule has 8 heteroatoms. The summed E-state index contributed by atoms with van der Waals surface area (Å²) in [6.07, 6.45) is 1.66. The van der Waals surface area contributed by atoms with Crippen molar-refractivity contribution in [3.05, 3.63) is 80.9 Å². The first-order valence-corrected chi connectivity index (χ1v) is 11.9. The van der Waals surface area contributed by atoms with Gasteiger partial charge in [-0.2, -0.15) is 0 Å². The number of carbonyl (C=O) groups excluding carboxylic acids is 2. The van der Waals surface area contributed by atoms with Crippen molar-refractivity contribution in [1.29, 1.82) is 0 Å². The van der Waals surface area contributed by atoms with E-state index in [0.29, 0.717) is 47.7 Å². The van der Waals surface area contributed by atoms with E-state index in [1.807, 2.05) is 36.4 Å². The van der Waals surface area contributed by atoms with E-state index in [-0.39, 0.29) is 30.5 Å². The number of methoxy groups -OCH3 is 1. The molecule has 0 bridgehead atoms. The zero-order chi connectivity index (χ0) is 24.2. The van der Waals surface area contributed by atoms with Gasteiger partial charge in [0.2, 0.25) is 5.88 Å². The maximum atomic E-state index is 13.0. The first kappa shape index (κ1) is 23.9. The lowest BCUT2D eigenvalue weighted by molar-refractivity contribution is -0.139. The van der Waals surface area contributed by atoms with Crippen molar-refractivity contribution in [2.45, 2.75) is 38.7 Å². The number of allylic oxidation sites excluding steroid dienone is 2. The number of hydrogen-bond donors (Lipinski definition) is 1. The molecular formula is C26H26BrNO6. The number of nitrogens with two attached hydrogens (primary N) is 1. The standard InChI is InChI=1S/C26H26BrNO6/c1-3-32-26(30)24-22(23-19(29)8-5-9-21(23)34-25(24)28)15-10-11-20(31-2)16(12-15)14-33-18-7-4-6-17(27)13-18/h4,6-7,10-13,22H,3,5,8-9,14,28H2,1-2H3/t22-/m0/s1. The van der Waals surface area contributed by atoms with Gasteiger partial charge in [-0.3, -0.25) is 4.79 Å².